The molecular weight excluding hydrogens is 298 g/mol. The number of amides is 2. The van der Waals surface area contributed by atoms with Crippen molar-refractivity contribution in [2.75, 3.05) is 5.32 Å². The summed E-state index contributed by atoms with van der Waals surface area (Å²) in [5.74, 6) is 0. The lowest BCUT2D eigenvalue weighted by atomic mass is 10.1. The normalized spacial score (nSPS) is 11.8. The van der Waals surface area contributed by atoms with Crippen molar-refractivity contribution in [3.63, 3.8) is 0 Å². The molecule has 0 aliphatic heterocycles. The van der Waals surface area contributed by atoms with E-state index in [4.69, 9.17) is 0 Å². The maximum Gasteiger partial charge on any atom is 0.319 e. The molecule has 0 saturated heterocycles. The lowest BCUT2D eigenvalue weighted by molar-refractivity contribution is -0.384. The quantitative estimate of drug-likeness (QED) is 0.653. The third-order valence-corrected chi connectivity index (χ3v) is 3.44. The van der Waals surface area contributed by atoms with Gasteiger partial charge < -0.3 is 10.6 Å². The summed E-state index contributed by atoms with van der Waals surface area (Å²) in [5, 5.41) is 20.5. The van der Waals surface area contributed by atoms with Crippen LogP contribution in [0, 0.1) is 17.0 Å². The molecule has 2 amide bonds. The Kier molecular flexibility index (Phi) is 4.95. The first-order chi connectivity index (χ1) is 10.9. The maximum atomic E-state index is 12.0. The highest BCUT2D eigenvalue weighted by Crippen LogP contribution is 2.18. The molecule has 8 heteroatoms. The van der Waals surface area contributed by atoms with Gasteiger partial charge in [-0.15, -0.1) is 0 Å². The lowest BCUT2D eigenvalue weighted by Crippen LogP contribution is -2.31. The number of aryl methyl sites for hydroxylation is 2. The molecule has 0 bridgehead atoms. The molecular formula is C15H19N5O3. The van der Waals surface area contributed by atoms with Gasteiger partial charge in [0, 0.05) is 36.1 Å². The van der Waals surface area contributed by atoms with E-state index in [1.165, 1.54) is 18.2 Å². The third-order valence-electron chi connectivity index (χ3n) is 3.44. The molecule has 1 atom stereocenters. The van der Waals surface area contributed by atoms with Crippen molar-refractivity contribution in [2.24, 2.45) is 0 Å². The topological polar surface area (TPSA) is 102 Å². The number of anilines is 1. The summed E-state index contributed by atoms with van der Waals surface area (Å²) in [6.45, 7) is 6.49. The van der Waals surface area contributed by atoms with Gasteiger partial charge >= 0.3 is 6.03 Å². The van der Waals surface area contributed by atoms with Crippen LogP contribution < -0.4 is 10.6 Å². The number of non-ortho nitro benzene ring substituents is 1. The molecule has 1 aromatic carbocycles. The predicted octanol–water partition coefficient (Wildman–Crippen LogP) is 3.00. The van der Waals surface area contributed by atoms with Gasteiger partial charge in [-0.05, 0) is 26.8 Å². The number of nitro groups is 1. The molecule has 2 N–H and O–H groups in total. The Morgan fingerprint density at radius 1 is 1.48 bits per heavy atom. The van der Waals surface area contributed by atoms with E-state index >= 15 is 0 Å². The predicted molar refractivity (Wildman–Crippen MR) is 86.3 cm³/mol. The number of hydrogen-bond acceptors (Lipinski definition) is 4. The highest BCUT2D eigenvalue weighted by molar-refractivity contribution is 5.89. The number of nitrogens with zero attached hydrogens (tertiary/aromatic N) is 3. The smallest absolute Gasteiger partial charge is 0.319 e. The molecule has 0 unspecified atom stereocenters. The van der Waals surface area contributed by atoms with Crippen molar-refractivity contribution in [3.05, 3.63) is 51.8 Å². The van der Waals surface area contributed by atoms with Crippen LogP contribution >= 0.6 is 0 Å². The fraction of sp³-hybridized carbons (Fsp3) is 0.333. The van der Waals surface area contributed by atoms with Crippen molar-refractivity contribution < 1.29 is 9.72 Å². The fourth-order valence-corrected chi connectivity index (χ4v) is 2.26. The van der Waals surface area contributed by atoms with Gasteiger partial charge in [0.25, 0.3) is 5.69 Å². The van der Waals surface area contributed by atoms with Gasteiger partial charge in [-0.3, -0.25) is 14.8 Å². The minimum absolute atomic E-state index is 0.0732. The molecule has 0 aliphatic rings. The zero-order chi connectivity index (χ0) is 17.0. The molecule has 23 heavy (non-hydrogen) atoms. The number of urea groups is 1. The minimum atomic E-state index is -0.506. The first-order valence-electron chi connectivity index (χ1n) is 7.26. The van der Waals surface area contributed by atoms with E-state index < -0.39 is 11.0 Å². The van der Waals surface area contributed by atoms with Gasteiger partial charge in [-0.1, -0.05) is 6.07 Å². The number of hydrogen-bond donors (Lipinski definition) is 2. The minimum Gasteiger partial charge on any atom is -0.331 e. The van der Waals surface area contributed by atoms with Gasteiger partial charge in [0.15, 0.2) is 0 Å². The maximum absolute atomic E-state index is 12.0. The zero-order valence-electron chi connectivity index (χ0n) is 13.2. The van der Waals surface area contributed by atoms with Crippen molar-refractivity contribution in [2.45, 2.75) is 33.4 Å². The van der Waals surface area contributed by atoms with Crippen LogP contribution in [0.5, 0.6) is 0 Å². The van der Waals surface area contributed by atoms with Gasteiger partial charge in [0.2, 0.25) is 0 Å². The van der Waals surface area contributed by atoms with E-state index in [9.17, 15) is 14.9 Å². The molecule has 2 aromatic rings. The number of nitro benzene ring substituents is 1. The average molecular weight is 317 g/mol. The van der Waals surface area contributed by atoms with E-state index in [0.29, 0.717) is 5.69 Å². The van der Waals surface area contributed by atoms with Crippen molar-refractivity contribution in [3.8, 4) is 0 Å². The SMILES string of the molecule is CCn1cc([C@@H](C)NC(=O)Nc2cccc([N+](=O)[O-])c2)c(C)n1. The Morgan fingerprint density at radius 2 is 2.22 bits per heavy atom. The molecule has 0 fully saturated rings. The Labute approximate surface area is 133 Å². The average Bonchev–Trinajstić information content (AvgIpc) is 2.88. The molecule has 0 aliphatic carbocycles. The third kappa shape index (κ3) is 4.06. The highest BCUT2D eigenvalue weighted by atomic mass is 16.6. The van der Waals surface area contributed by atoms with E-state index in [2.05, 4.69) is 15.7 Å². The number of rotatable bonds is 5. The first kappa shape index (κ1) is 16.5. The standard InChI is InChI=1S/C15H19N5O3/c1-4-19-9-14(11(3)18-19)10(2)16-15(21)17-12-6-5-7-13(8-12)20(22)23/h5-10H,4H2,1-3H3,(H2,16,17,21)/t10-/m1/s1. The summed E-state index contributed by atoms with van der Waals surface area (Å²) < 4.78 is 1.81. The van der Waals surface area contributed by atoms with Crippen LogP contribution in [0.2, 0.25) is 0 Å². The Bertz CT molecular complexity index is 726. The lowest BCUT2D eigenvalue weighted by Gasteiger charge is -2.14. The second kappa shape index (κ2) is 6.91. The summed E-state index contributed by atoms with van der Waals surface area (Å²) in [7, 11) is 0. The Balaban J connectivity index is 2.02. The summed E-state index contributed by atoms with van der Waals surface area (Å²) in [6, 6.07) is 5.14. The summed E-state index contributed by atoms with van der Waals surface area (Å²) in [6.07, 6.45) is 1.90. The van der Waals surface area contributed by atoms with Crippen LogP contribution in [-0.4, -0.2) is 20.7 Å². The van der Waals surface area contributed by atoms with Gasteiger partial charge in [-0.25, -0.2) is 4.79 Å². The first-order valence-corrected chi connectivity index (χ1v) is 7.26. The van der Waals surface area contributed by atoms with Crippen LogP contribution in [0.25, 0.3) is 0 Å². The molecule has 2 rings (SSSR count). The van der Waals surface area contributed by atoms with Crippen molar-refractivity contribution >= 4 is 17.4 Å². The van der Waals surface area contributed by atoms with Crippen LogP contribution in [0.15, 0.2) is 30.5 Å². The summed E-state index contributed by atoms with van der Waals surface area (Å²) >= 11 is 0. The van der Waals surface area contributed by atoms with E-state index in [1.807, 2.05) is 27.0 Å². The molecule has 0 radical (unpaired) electrons. The fourth-order valence-electron chi connectivity index (χ4n) is 2.26. The monoisotopic (exact) mass is 317 g/mol. The second-order valence-electron chi connectivity index (χ2n) is 5.15. The number of carbonyl (C=O) groups is 1. The van der Waals surface area contributed by atoms with E-state index in [0.717, 1.165) is 17.8 Å². The van der Waals surface area contributed by atoms with Crippen LogP contribution in [0.3, 0.4) is 0 Å². The molecule has 0 spiro atoms. The van der Waals surface area contributed by atoms with Gasteiger partial charge in [0.05, 0.1) is 16.7 Å². The number of nitrogens with one attached hydrogen (secondary N) is 2. The van der Waals surface area contributed by atoms with Crippen LogP contribution in [-0.2, 0) is 6.54 Å². The van der Waals surface area contributed by atoms with E-state index in [-0.39, 0.29) is 11.7 Å². The Hall–Kier alpha value is -2.90. The zero-order valence-corrected chi connectivity index (χ0v) is 13.2. The van der Waals surface area contributed by atoms with E-state index in [1.54, 1.807) is 10.7 Å². The molecule has 8 nitrogen and oxygen atoms in total. The molecule has 1 heterocycles. The van der Waals surface area contributed by atoms with Crippen molar-refractivity contribution in [1.29, 1.82) is 0 Å². The number of carbonyl (C=O) groups excluding carboxylic acids is 1. The van der Waals surface area contributed by atoms with Crippen LogP contribution in [0.1, 0.15) is 31.1 Å². The molecule has 0 saturated carbocycles. The summed E-state index contributed by atoms with van der Waals surface area (Å²) in [4.78, 5) is 22.3. The van der Waals surface area contributed by atoms with Gasteiger partial charge in [-0.2, -0.15) is 5.10 Å². The van der Waals surface area contributed by atoms with Crippen molar-refractivity contribution in [1.82, 2.24) is 15.1 Å². The number of aromatic nitrogens is 2. The summed E-state index contributed by atoms with van der Waals surface area (Å²) in [5.41, 5.74) is 2.08. The second-order valence-corrected chi connectivity index (χ2v) is 5.15. The highest BCUT2D eigenvalue weighted by Gasteiger charge is 2.15. The number of benzene rings is 1. The largest absolute Gasteiger partial charge is 0.331 e. The Morgan fingerprint density at radius 3 is 2.83 bits per heavy atom. The molecule has 122 valence electrons. The van der Waals surface area contributed by atoms with Gasteiger partial charge in [0.1, 0.15) is 0 Å². The van der Waals surface area contributed by atoms with Crippen LogP contribution in [0.4, 0.5) is 16.2 Å². The molecule has 1 aromatic heterocycles.